The van der Waals surface area contributed by atoms with E-state index >= 15 is 0 Å². The van der Waals surface area contributed by atoms with Crippen LogP contribution in [0.3, 0.4) is 0 Å². The van der Waals surface area contributed by atoms with E-state index in [-0.39, 0.29) is 36.6 Å². The van der Waals surface area contributed by atoms with Crippen molar-refractivity contribution in [3.05, 3.63) is 22.4 Å². The molecule has 1 aliphatic carbocycles. The van der Waals surface area contributed by atoms with Crippen LogP contribution in [-0.2, 0) is 14.4 Å². The molecule has 2 aliphatic rings. The van der Waals surface area contributed by atoms with Gasteiger partial charge in [-0.25, -0.2) is 0 Å². The van der Waals surface area contributed by atoms with Crippen molar-refractivity contribution in [2.45, 2.75) is 32.1 Å². The number of H-pyrrole nitrogens is 1. The number of hydrogen-bond acceptors (Lipinski definition) is 4. The summed E-state index contributed by atoms with van der Waals surface area (Å²) in [6.07, 6.45) is 4.98. The number of hydrazine groups is 1. The third-order valence-electron chi connectivity index (χ3n) is 4.70. The summed E-state index contributed by atoms with van der Waals surface area (Å²) < 4.78 is 0.719. The van der Waals surface area contributed by atoms with Crippen molar-refractivity contribution in [2.75, 3.05) is 6.54 Å². The fourth-order valence-corrected chi connectivity index (χ4v) is 3.76. The van der Waals surface area contributed by atoms with Crippen molar-refractivity contribution in [1.29, 1.82) is 0 Å². The van der Waals surface area contributed by atoms with Gasteiger partial charge in [0.15, 0.2) is 0 Å². The van der Waals surface area contributed by atoms with E-state index in [2.05, 4.69) is 31.8 Å². The maximum absolute atomic E-state index is 12.3. The Morgan fingerprint density at radius 1 is 1.16 bits per heavy atom. The summed E-state index contributed by atoms with van der Waals surface area (Å²) in [6, 6.07) is 1.57. The number of likely N-dealkylation sites (tertiary alicyclic amines) is 1. The predicted molar refractivity (Wildman–Crippen MR) is 90.9 cm³/mol. The minimum absolute atomic E-state index is 0.0421. The van der Waals surface area contributed by atoms with E-state index < -0.39 is 11.8 Å². The average molecular weight is 411 g/mol. The van der Waals surface area contributed by atoms with Crippen LogP contribution in [0.4, 0.5) is 0 Å². The van der Waals surface area contributed by atoms with Gasteiger partial charge in [-0.05, 0) is 34.8 Å². The maximum atomic E-state index is 12.3. The van der Waals surface area contributed by atoms with E-state index in [1.807, 2.05) is 0 Å². The average Bonchev–Trinajstić information content (AvgIpc) is 3.14. The third-order valence-corrected chi connectivity index (χ3v) is 5.16. The van der Waals surface area contributed by atoms with Crippen molar-refractivity contribution in [1.82, 2.24) is 20.7 Å². The lowest BCUT2D eigenvalue weighted by atomic mass is 9.81. The zero-order chi connectivity index (χ0) is 18.0. The highest BCUT2D eigenvalue weighted by atomic mass is 79.9. The molecular weight excluding hydrogens is 392 g/mol. The first-order chi connectivity index (χ1) is 12.0. The lowest BCUT2D eigenvalue weighted by Crippen LogP contribution is -2.43. The smallest absolute Gasteiger partial charge is 0.286 e. The van der Waals surface area contributed by atoms with Crippen molar-refractivity contribution in [3.8, 4) is 0 Å². The number of hydrogen-bond donors (Lipinski definition) is 3. The number of rotatable bonds is 4. The summed E-state index contributed by atoms with van der Waals surface area (Å²) in [5, 5.41) is 0. The molecule has 0 bridgehead atoms. The lowest BCUT2D eigenvalue weighted by molar-refractivity contribution is -0.140. The Morgan fingerprint density at radius 2 is 1.80 bits per heavy atom. The van der Waals surface area contributed by atoms with Crippen molar-refractivity contribution in [3.63, 3.8) is 0 Å². The molecule has 25 heavy (non-hydrogen) atoms. The summed E-state index contributed by atoms with van der Waals surface area (Å²) in [6.45, 7) is 0.0421. The van der Waals surface area contributed by atoms with Crippen LogP contribution < -0.4 is 10.9 Å². The summed E-state index contributed by atoms with van der Waals surface area (Å²) >= 11 is 3.21. The molecule has 0 radical (unpaired) electrons. The minimum atomic E-state index is -0.488. The Hall–Kier alpha value is -2.16. The van der Waals surface area contributed by atoms with Gasteiger partial charge in [0.2, 0.25) is 17.7 Å². The van der Waals surface area contributed by atoms with Gasteiger partial charge >= 0.3 is 0 Å². The Kier molecular flexibility index (Phi) is 5.22. The second-order valence-electron chi connectivity index (χ2n) is 6.31. The zero-order valence-corrected chi connectivity index (χ0v) is 15.1. The number of imide groups is 1. The Bertz CT molecular complexity index is 693. The first-order valence-electron chi connectivity index (χ1n) is 8.25. The fourth-order valence-electron chi connectivity index (χ4n) is 3.42. The zero-order valence-electron chi connectivity index (χ0n) is 13.5. The van der Waals surface area contributed by atoms with Gasteiger partial charge in [-0.2, -0.15) is 0 Å². The van der Waals surface area contributed by atoms with Gasteiger partial charge in [0.1, 0.15) is 5.69 Å². The highest BCUT2D eigenvalue weighted by Gasteiger charge is 2.47. The first-order valence-corrected chi connectivity index (χ1v) is 9.05. The fraction of sp³-hybridized carbons (Fsp3) is 0.500. The van der Waals surface area contributed by atoms with Crippen LogP contribution in [0, 0.1) is 11.8 Å². The number of fused-ring (bicyclic) bond motifs is 1. The Labute approximate surface area is 152 Å². The molecule has 3 rings (SSSR count). The molecule has 2 fully saturated rings. The summed E-state index contributed by atoms with van der Waals surface area (Å²) in [4.78, 5) is 52.2. The number of aromatic amines is 1. The van der Waals surface area contributed by atoms with E-state index in [9.17, 15) is 19.2 Å². The highest BCUT2D eigenvalue weighted by molar-refractivity contribution is 9.10. The lowest BCUT2D eigenvalue weighted by Gasteiger charge is -2.19. The number of nitrogens with one attached hydrogen (secondary N) is 3. The summed E-state index contributed by atoms with van der Waals surface area (Å²) in [5.41, 5.74) is 4.86. The summed E-state index contributed by atoms with van der Waals surface area (Å²) in [7, 11) is 0. The SMILES string of the molecule is O=C(CCN1C(=O)[C@H]2CCCC[C@@H]2C1=O)NNC(=O)c1cc(Br)c[nH]1. The van der Waals surface area contributed by atoms with Crippen LogP contribution in [0.5, 0.6) is 0 Å². The molecule has 0 unspecified atom stereocenters. The molecule has 1 saturated heterocycles. The van der Waals surface area contributed by atoms with Gasteiger partial charge in [-0.3, -0.25) is 34.9 Å². The topological polar surface area (TPSA) is 111 Å². The van der Waals surface area contributed by atoms with Gasteiger partial charge in [-0.15, -0.1) is 0 Å². The van der Waals surface area contributed by atoms with Gasteiger partial charge in [-0.1, -0.05) is 12.8 Å². The molecule has 1 aromatic heterocycles. The summed E-state index contributed by atoms with van der Waals surface area (Å²) in [5.74, 6) is -1.70. The molecular formula is C16H19BrN4O4. The molecule has 9 heteroatoms. The van der Waals surface area contributed by atoms with Crippen LogP contribution >= 0.6 is 15.9 Å². The molecule has 4 amide bonds. The molecule has 8 nitrogen and oxygen atoms in total. The molecule has 2 atom stereocenters. The monoisotopic (exact) mass is 410 g/mol. The van der Waals surface area contributed by atoms with E-state index in [1.165, 1.54) is 4.90 Å². The number of nitrogens with zero attached hydrogens (tertiary/aromatic N) is 1. The number of carbonyl (C=O) groups is 4. The number of carbonyl (C=O) groups excluding carboxylic acids is 4. The maximum Gasteiger partial charge on any atom is 0.286 e. The minimum Gasteiger partial charge on any atom is -0.356 e. The number of amides is 4. The number of halogens is 1. The molecule has 3 N–H and O–H groups in total. The quantitative estimate of drug-likeness (QED) is 0.509. The predicted octanol–water partition coefficient (Wildman–Crippen LogP) is 1.10. The van der Waals surface area contributed by atoms with E-state index in [1.54, 1.807) is 12.3 Å². The Balaban J connectivity index is 1.46. The van der Waals surface area contributed by atoms with Crippen LogP contribution in [0.2, 0.25) is 0 Å². The van der Waals surface area contributed by atoms with E-state index in [4.69, 9.17) is 0 Å². The van der Waals surface area contributed by atoms with Crippen molar-refractivity contribution < 1.29 is 19.2 Å². The normalized spacial score (nSPS) is 22.7. The van der Waals surface area contributed by atoms with Gasteiger partial charge < -0.3 is 4.98 Å². The first kappa shape index (κ1) is 17.7. The second-order valence-corrected chi connectivity index (χ2v) is 7.23. The van der Waals surface area contributed by atoms with Crippen LogP contribution in [0.1, 0.15) is 42.6 Å². The van der Waals surface area contributed by atoms with Crippen LogP contribution in [-0.4, -0.2) is 40.1 Å². The number of aromatic nitrogens is 1. The molecule has 0 aromatic carbocycles. The third kappa shape index (κ3) is 3.76. The van der Waals surface area contributed by atoms with Crippen molar-refractivity contribution >= 4 is 39.6 Å². The molecule has 1 aromatic rings. The largest absolute Gasteiger partial charge is 0.356 e. The molecule has 0 spiro atoms. The Morgan fingerprint density at radius 3 is 2.36 bits per heavy atom. The second kappa shape index (κ2) is 7.38. The van der Waals surface area contributed by atoms with Gasteiger partial charge in [0, 0.05) is 23.6 Å². The van der Waals surface area contributed by atoms with E-state index in [0.29, 0.717) is 5.69 Å². The van der Waals surface area contributed by atoms with Crippen LogP contribution in [0.15, 0.2) is 16.7 Å². The van der Waals surface area contributed by atoms with Gasteiger partial charge in [0.05, 0.1) is 11.8 Å². The molecule has 134 valence electrons. The van der Waals surface area contributed by atoms with Gasteiger partial charge in [0.25, 0.3) is 5.91 Å². The molecule has 1 aliphatic heterocycles. The van der Waals surface area contributed by atoms with Crippen LogP contribution in [0.25, 0.3) is 0 Å². The van der Waals surface area contributed by atoms with E-state index in [0.717, 1.165) is 30.2 Å². The molecule has 1 saturated carbocycles. The standard InChI is InChI=1S/C16H19BrN4O4/c17-9-7-12(18-8-9)14(23)20-19-13(22)5-6-21-15(24)10-3-1-2-4-11(10)16(21)25/h7-8,10-11,18H,1-6H2,(H,19,22)(H,20,23)/t10-,11-/m0/s1. The highest BCUT2D eigenvalue weighted by Crippen LogP contribution is 2.37. The molecule has 2 heterocycles. The van der Waals surface area contributed by atoms with Crippen molar-refractivity contribution in [2.24, 2.45) is 11.8 Å².